The number of hydrogen-bond donors (Lipinski definition) is 4. The van der Waals surface area contributed by atoms with Crippen LogP contribution in [0.25, 0.3) is 11.8 Å². The average Bonchev–Trinajstić information content (AvgIpc) is 3.29. The molecule has 174 valence electrons. The number of phenols is 3. The van der Waals surface area contributed by atoms with E-state index in [1.165, 1.54) is 19.3 Å². The van der Waals surface area contributed by atoms with Crippen LogP contribution in [0.2, 0.25) is 0 Å². The molecule has 0 unspecified atom stereocenters. The Labute approximate surface area is 193 Å². The van der Waals surface area contributed by atoms with E-state index in [0.29, 0.717) is 11.3 Å². The zero-order valence-electron chi connectivity index (χ0n) is 18.4. The Balaban J connectivity index is 1.74. The number of aliphatic imine (C=N–C) groups is 1. The van der Waals surface area contributed by atoms with Gasteiger partial charge in [0.05, 0.1) is 7.11 Å². The maximum Gasteiger partial charge on any atom is 0.363 e. The fraction of sp³-hybridized carbons (Fsp3) is 0.125. The molecule has 4 N–H and O–H groups in total. The fourth-order valence-electron chi connectivity index (χ4n) is 3.74. The molecule has 0 bridgehead atoms. The summed E-state index contributed by atoms with van der Waals surface area (Å²) in [4.78, 5) is 28.2. The number of aromatic nitrogens is 1. The van der Waals surface area contributed by atoms with Crippen LogP contribution < -0.4 is 4.74 Å². The molecule has 0 aliphatic carbocycles. The van der Waals surface area contributed by atoms with Crippen molar-refractivity contribution < 1.29 is 39.5 Å². The highest BCUT2D eigenvalue weighted by Gasteiger charge is 2.26. The predicted octanol–water partition coefficient (Wildman–Crippen LogP) is 3.26. The summed E-state index contributed by atoms with van der Waals surface area (Å²) in [5, 5.41) is 38.4. The number of carboxylic acid groups (broad SMARTS) is 1. The second-order valence-electron chi connectivity index (χ2n) is 7.55. The molecule has 1 aromatic heterocycles. The number of benzene rings is 2. The highest BCUT2D eigenvalue weighted by atomic mass is 16.6. The molecule has 2 aromatic carbocycles. The Bertz CT molecular complexity index is 1390. The second kappa shape index (κ2) is 8.32. The van der Waals surface area contributed by atoms with Gasteiger partial charge in [-0.1, -0.05) is 0 Å². The van der Waals surface area contributed by atoms with Crippen LogP contribution in [0.1, 0.15) is 32.9 Å². The maximum atomic E-state index is 12.4. The largest absolute Gasteiger partial charge is 0.504 e. The van der Waals surface area contributed by atoms with Gasteiger partial charge in [-0.05, 0) is 61.9 Å². The van der Waals surface area contributed by atoms with E-state index in [0.717, 1.165) is 23.5 Å². The summed E-state index contributed by atoms with van der Waals surface area (Å²) in [6.45, 7) is 3.65. The number of carbonyl (C=O) groups is 2. The molecule has 0 radical (unpaired) electrons. The van der Waals surface area contributed by atoms with Crippen molar-refractivity contribution in [2.24, 2.45) is 4.99 Å². The van der Waals surface area contributed by atoms with Gasteiger partial charge >= 0.3 is 11.9 Å². The van der Waals surface area contributed by atoms with Crippen molar-refractivity contribution >= 4 is 23.9 Å². The van der Waals surface area contributed by atoms with E-state index in [1.807, 2.05) is 24.5 Å². The molecule has 0 saturated heterocycles. The van der Waals surface area contributed by atoms with Crippen LogP contribution in [0, 0.1) is 13.8 Å². The Morgan fingerprint density at radius 2 is 1.76 bits per heavy atom. The van der Waals surface area contributed by atoms with Crippen LogP contribution in [0.5, 0.6) is 23.0 Å². The lowest BCUT2D eigenvalue weighted by molar-refractivity contribution is -0.129. The van der Waals surface area contributed by atoms with Crippen molar-refractivity contribution in [3.05, 3.63) is 70.2 Å². The van der Waals surface area contributed by atoms with Crippen LogP contribution in [0.4, 0.5) is 0 Å². The van der Waals surface area contributed by atoms with Crippen LogP contribution in [-0.2, 0) is 9.53 Å². The van der Waals surface area contributed by atoms with E-state index in [4.69, 9.17) is 9.47 Å². The number of esters is 1. The molecular formula is C24H20N2O8. The number of nitrogens with zero attached hydrogens (tertiary/aromatic N) is 2. The SMILES string of the molecule is COc1ccc(-n2c(C)cc(/C=C3/N=C(c4cc(O)c(O)c(O)c4)OC3=O)c2C)cc1C(=O)O. The molecule has 3 aromatic rings. The number of aromatic carboxylic acids is 1. The van der Waals surface area contributed by atoms with Crippen LogP contribution in [0.3, 0.4) is 0 Å². The smallest absolute Gasteiger partial charge is 0.363 e. The standard InChI is InChI=1S/C24H20N2O8/c1-11-6-13(12(2)26(11)15-4-5-20(33-3)16(10-15)23(30)31)7-17-24(32)34-22(25-17)14-8-18(27)21(29)19(28)9-14/h4-10,27-29H,1-3H3,(H,30,31)/b17-7+. The zero-order valence-corrected chi connectivity index (χ0v) is 18.4. The molecule has 0 atom stereocenters. The number of ether oxygens (including phenoxy) is 2. The number of aromatic hydroxyl groups is 3. The molecule has 0 amide bonds. The van der Waals surface area contributed by atoms with E-state index in [-0.39, 0.29) is 28.5 Å². The molecule has 2 heterocycles. The molecule has 34 heavy (non-hydrogen) atoms. The van der Waals surface area contributed by atoms with Crippen molar-refractivity contribution in [1.82, 2.24) is 4.57 Å². The predicted molar refractivity (Wildman–Crippen MR) is 121 cm³/mol. The number of rotatable bonds is 5. The van der Waals surface area contributed by atoms with E-state index in [2.05, 4.69) is 4.99 Å². The molecule has 0 fully saturated rings. The van der Waals surface area contributed by atoms with E-state index in [1.54, 1.807) is 12.1 Å². The van der Waals surface area contributed by atoms with Crippen molar-refractivity contribution in [2.45, 2.75) is 13.8 Å². The first-order valence-electron chi connectivity index (χ1n) is 9.99. The summed E-state index contributed by atoms with van der Waals surface area (Å²) < 4.78 is 12.1. The van der Waals surface area contributed by atoms with Crippen molar-refractivity contribution in [2.75, 3.05) is 7.11 Å². The van der Waals surface area contributed by atoms with Gasteiger partial charge in [-0.25, -0.2) is 14.6 Å². The summed E-state index contributed by atoms with van der Waals surface area (Å²) in [6.07, 6.45) is 1.52. The molecule has 1 aliphatic heterocycles. The van der Waals surface area contributed by atoms with Gasteiger partial charge in [0.2, 0.25) is 5.90 Å². The van der Waals surface area contributed by atoms with E-state index in [9.17, 15) is 30.0 Å². The molecule has 10 heteroatoms. The summed E-state index contributed by atoms with van der Waals surface area (Å²) in [6, 6.07) is 8.84. The third kappa shape index (κ3) is 3.81. The zero-order chi connectivity index (χ0) is 24.7. The van der Waals surface area contributed by atoms with Gasteiger partial charge in [-0.15, -0.1) is 0 Å². The quantitative estimate of drug-likeness (QED) is 0.255. The highest BCUT2D eigenvalue weighted by Crippen LogP contribution is 2.36. The summed E-state index contributed by atoms with van der Waals surface area (Å²) in [5.41, 5.74) is 2.88. The normalized spacial score (nSPS) is 14.3. The topological polar surface area (TPSA) is 151 Å². The number of hydrogen-bond acceptors (Lipinski definition) is 8. The molecular weight excluding hydrogens is 444 g/mol. The molecule has 10 nitrogen and oxygen atoms in total. The fourth-order valence-corrected chi connectivity index (χ4v) is 3.74. The number of phenolic OH excluding ortho intramolecular Hbond substituents is 3. The third-order valence-electron chi connectivity index (χ3n) is 5.37. The summed E-state index contributed by atoms with van der Waals surface area (Å²) in [5.74, 6) is -3.62. The van der Waals surface area contributed by atoms with Crippen LogP contribution >= 0.6 is 0 Å². The van der Waals surface area contributed by atoms with Gasteiger partial charge in [0, 0.05) is 22.6 Å². The summed E-state index contributed by atoms with van der Waals surface area (Å²) >= 11 is 0. The average molecular weight is 464 g/mol. The Hall–Kier alpha value is -4.73. The first-order chi connectivity index (χ1) is 16.1. The van der Waals surface area contributed by atoms with Crippen molar-refractivity contribution in [1.29, 1.82) is 0 Å². The lowest BCUT2D eigenvalue weighted by Gasteiger charge is -2.12. The van der Waals surface area contributed by atoms with E-state index < -0.39 is 29.2 Å². The number of methoxy groups -OCH3 is 1. The minimum absolute atomic E-state index is 0.0109. The lowest BCUT2D eigenvalue weighted by Crippen LogP contribution is -2.05. The first-order valence-corrected chi connectivity index (χ1v) is 9.99. The Morgan fingerprint density at radius 3 is 2.38 bits per heavy atom. The molecule has 0 spiro atoms. The first kappa shape index (κ1) is 22.5. The minimum Gasteiger partial charge on any atom is -0.504 e. The van der Waals surface area contributed by atoms with Gasteiger partial charge in [-0.2, -0.15) is 0 Å². The van der Waals surface area contributed by atoms with Gasteiger partial charge in [-0.3, -0.25) is 0 Å². The third-order valence-corrected chi connectivity index (χ3v) is 5.37. The number of aryl methyl sites for hydroxylation is 1. The van der Waals surface area contributed by atoms with Gasteiger partial charge in [0.25, 0.3) is 0 Å². The molecule has 1 aliphatic rings. The Kier molecular flexibility index (Phi) is 5.50. The van der Waals surface area contributed by atoms with Crippen LogP contribution in [0.15, 0.2) is 47.1 Å². The molecule has 4 rings (SSSR count). The number of carbonyl (C=O) groups excluding carboxylic acids is 1. The second-order valence-corrected chi connectivity index (χ2v) is 7.55. The van der Waals surface area contributed by atoms with Gasteiger partial charge in [0.1, 0.15) is 11.3 Å². The van der Waals surface area contributed by atoms with Crippen molar-refractivity contribution in [3.63, 3.8) is 0 Å². The molecule has 0 saturated carbocycles. The minimum atomic E-state index is -1.12. The maximum absolute atomic E-state index is 12.4. The highest BCUT2D eigenvalue weighted by molar-refractivity contribution is 6.13. The van der Waals surface area contributed by atoms with Gasteiger partial charge < -0.3 is 34.5 Å². The monoisotopic (exact) mass is 464 g/mol. The lowest BCUT2D eigenvalue weighted by atomic mass is 10.1. The van der Waals surface area contributed by atoms with Crippen LogP contribution in [-0.4, -0.2) is 49.9 Å². The number of cyclic esters (lactones) is 1. The van der Waals surface area contributed by atoms with E-state index >= 15 is 0 Å². The number of carboxylic acids is 1. The summed E-state index contributed by atoms with van der Waals surface area (Å²) in [7, 11) is 1.40. The Morgan fingerprint density at radius 1 is 1.09 bits per heavy atom. The van der Waals surface area contributed by atoms with Gasteiger partial charge in [0.15, 0.2) is 22.9 Å². The van der Waals surface area contributed by atoms with Crippen molar-refractivity contribution in [3.8, 4) is 28.7 Å².